The number of halogens is 6. The van der Waals surface area contributed by atoms with Crippen molar-refractivity contribution in [2.75, 3.05) is 11.5 Å². The molecule has 0 saturated heterocycles. The molecule has 0 aliphatic heterocycles. The third-order valence-electron chi connectivity index (χ3n) is 6.26. The van der Waals surface area contributed by atoms with E-state index >= 15 is 0 Å². The van der Waals surface area contributed by atoms with Gasteiger partial charge in [0.2, 0.25) is 5.41 Å². The predicted octanol–water partition coefficient (Wildman–Crippen LogP) is 6.47. The van der Waals surface area contributed by atoms with Crippen LogP contribution < -0.4 is 11.5 Å². The van der Waals surface area contributed by atoms with Gasteiger partial charge in [0.25, 0.3) is 0 Å². The Morgan fingerprint density at radius 2 is 0.854 bits per heavy atom. The Morgan fingerprint density at radius 3 is 1.17 bits per heavy atom. The van der Waals surface area contributed by atoms with Crippen LogP contribution in [0.1, 0.15) is 33.4 Å². The van der Waals surface area contributed by atoms with Crippen LogP contribution in [0.3, 0.4) is 0 Å². The van der Waals surface area contributed by atoms with E-state index in [4.69, 9.17) is 11.5 Å². The molecule has 0 heterocycles. The molecule has 10 heteroatoms. The van der Waals surface area contributed by atoms with E-state index in [1.165, 1.54) is 0 Å². The fourth-order valence-corrected chi connectivity index (χ4v) is 4.22. The van der Waals surface area contributed by atoms with Gasteiger partial charge in [-0.2, -0.15) is 26.3 Å². The standard InChI is InChI=1S/C31H20F6N2O2/c32-30(33,34)29(31(35,36)37,23-15-21(27(38)25(40)17-23)13-11-19-7-3-1-4-8-19)24-16-22(28(39)26(41)18-24)14-12-20-9-5-2-6-10-20/h1-10,15-18,40-41H,38-39H2. The van der Waals surface area contributed by atoms with Gasteiger partial charge in [-0.05, 0) is 59.7 Å². The van der Waals surface area contributed by atoms with Crippen LogP contribution in [0.25, 0.3) is 0 Å². The molecule has 0 aliphatic carbocycles. The molecule has 0 fully saturated rings. The normalized spacial score (nSPS) is 11.7. The largest absolute Gasteiger partial charge is 0.506 e. The summed E-state index contributed by atoms with van der Waals surface area (Å²) in [6, 6.07) is 17.8. The molecule has 4 rings (SSSR count). The zero-order chi connectivity index (χ0) is 30.0. The number of rotatable bonds is 2. The molecule has 0 spiro atoms. The number of benzene rings is 4. The lowest BCUT2D eigenvalue weighted by Crippen LogP contribution is -2.54. The topological polar surface area (TPSA) is 92.5 Å². The van der Waals surface area contributed by atoms with Gasteiger partial charge in [0, 0.05) is 11.1 Å². The van der Waals surface area contributed by atoms with Crippen molar-refractivity contribution in [3.05, 3.63) is 118 Å². The van der Waals surface area contributed by atoms with Crippen molar-refractivity contribution in [1.29, 1.82) is 0 Å². The van der Waals surface area contributed by atoms with Crippen LogP contribution >= 0.6 is 0 Å². The Morgan fingerprint density at radius 1 is 0.512 bits per heavy atom. The van der Waals surface area contributed by atoms with Crippen LogP contribution in [0.5, 0.6) is 11.5 Å². The monoisotopic (exact) mass is 566 g/mol. The molecule has 0 aliphatic rings. The van der Waals surface area contributed by atoms with Crippen LogP contribution in [0.15, 0.2) is 84.9 Å². The zero-order valence-corrected chi connectivity index (χ0v) is 20.9. The van der Waals surface area contributed by atoms with E-state index in [0.29, 0.717) is 23.3 Å². The summed E-state index contributed by atoms with van der Waals surface area (Å²) in [6.07, 6.45) is -12.1. The lowest BCUT2D eigenvalue weighted by atomic mass is 9.71. The van der Waals surface area contributed by atoms with E-state index in [-0.39, 0.29) is 12.1 Å². The highest BCUT2D eigenvalue weighted by molar-refractivity contribution is 5.70. The number of nitrogens with two attached hydrogens (primary N) is 2. The minimum absolute atomic E-state index is 0.284. The highest BCUT2D eigenvalue weighted by atomic mass is 19.4. The maximum absolute atomic E-state index is 14.9. The molecule has 4 nitrogen and oxygen atoms in total. The molecule has 6 N–H and O–H groups in total. The number of nitrogen functional groups attached to an aromatic ring is 2. The van der Waals surface area contributed by atoms with Gasteiger partial charge in [0.05, 0.1) is 22.5 Å². The summed E-state index contributed by atoms with van der Waals surface area (Å²) in [5.74, 6) is 8.02. The first-order valence-corrected chi connectivity index (χ1v) is 11.8. The average molecular weight is 567 g/mol. The number of hydrogen-bond acceptors (Lipinski definition) is 4. The second kappa shape index (κ2) is 10.7. The lowest BCUT2D eigenvalue weighted by molar-refractivity contribution is -0.288. The molecular weight excluding hydrogens is 546 g/mol. The SMILES string of the molecule is Nc1c(O)cc(C(c2cc(O)c(N)c(C#Cc3ccccc3)c2)(C(F)(F)F)C(F)(F)F)cc1C#Cc1ccccc1. The quantitative estimate of drug-likeness (QED) is 0.0969. The Labute approximate surface area is 230 Å². The predicted molar refractivity (Wildman–Crippen MR) is 143 cm³/mol. The molecule has 4 aromatic carbocycles. The maximum Gasteiger partial charge on any atom is 0.411 e. The van der Waals surface area contributed by atoms with Crippen molar-refractivity contribution in [2.45, 2.75) is 17.8 Å². The van der Waals surface area contributed by atoms with Gasteiger partial charge in [0.1, 0.15) is 11.5 Å². The van der Waals surface area contributed by atoms with Crippen molar-refractivity contribution < 1.29 is 36.6 Å². The Bertz CT molecular complexity index is 1580. The second-order valence-electron chi connectivity index (χ2n) is 8.89. The number of phenols is 2. The third kappa shape index (κ3) is 5.45. The van der Waals surface area contributed by atoms with Gasteiger partial charge in [-0.3, -0.25) is 0 Å². The van der Waals surface area contributed by atoms with Crippen molar-refractivity contribution in [1.82, 2.24) is 0 Å². The van der Waals surface area contributed by atoms with Crippen LogP contribution in [0, 0.1) is 23.7 Å². The first-order chi connectivity index (χ1) is 19.3. The number of hydrogen-bond donors (Lipinski definition) is 4. The van der Waals surface area contributed by atoms with Gasteiger partial charge < -0.3 is 21.7 Å². The van der Waals surface area contributed by atoms with Crippen molar-refractivity contribution in [3.8, 4) is 35.2 Å². The maximum atomic E-state index is 14.9. The molecule has 208 valence electrons. The Hall–Kier alpha value is -5.22. The van der Waals surface area contributed by atoms with Gasteiger partial charge in [0.15, 0.2) is 0 Å². The van der Waals surface area contributed by atoms with Gasteiger partial charge in [-0.25, -0.2) is 0 Å². The van der Waals surface area contributed by atoms with Gasteiger partial charge in [-0.1, -0.05) is 60.1 Å². The van der Waals surface area contributed by atoms with Gasteiger partial charge in [-0.15, -0.1) is 0 Å². The highest BCUT2D eigenvalue weighted by Crippen LogP contribution is 2.58. The van der Waals surface area contributed by atoms with Crippen molar-refractivity contribution in [2.24, 2.45) is 0 Å². The second-order valence-corrected chi connectivity index (χ2v) is 8.89. The molecule has 4 aromatic rings. The average Bonchev–Trinajstić information content (AvgIpc) is 2.90. The first-order valence-electron chi connectivity index (χ1n) is 11.8. The molecule has 41 heavy (non-hydrogen) atoms. The highest BCUT2D eigenvalue weighted by Gasteiger charge is 2.73. The van der Waals surface area contributed by atoms with Crippen LogP contribution in [-0.4, -0.2) is 22.6 Å². The van der Waals surface area contributed by atoms with Gasteiger partial charge >= 0.3 is 12.4 Å². The molecular formula is C31H20F6N2O2. The molecule has 0 radical (unpaired) electrons. The molecule has 0 amide bonds. The first kappa shape index (κ1) is 28.8. The number of aromatic hydroxyl groups is 2. The molecule has 0 atom stereocenters. The summed E-state index contributed by atoms with van der Waals surface area (Å²) >= 11 is 0. The Balaban J connectivity index is 2.03. The summed E-state index contributed by atoms with van der Waals surface area (Å²) in [4.78, 5) is 0. The summed E-state index contributed by atoms with van der Waals surface area (Å²) < 4.78 is 89.1. The van der Waals surface area contributed by atoms with E-state index in [0.717, 1.165) is 0 Å². The van der Waals surface area contributed by atoms with E-state index in [1.807, 2.05) is 0 Å². The lowest BCUT2D eigenvalue weighted by Gasteiger charge is -2.38. The minimum atomic E-state index is -6.04. The minimum Gasteiger partial charge on any atom is -0.506 e. The number of phenolic OH excluding ortho intramolecular Hbond substituents is 2. The molecule has 0 saturated carbocycles. The van der Waals surface area contributed by atoms with Crippen LogP contribution in [-0.2, 0) is 5.41 Å². The van der Waals surface area contributed by atoms with E-state index in [2.05, 4.69) is 23.7 Å². The summed E-state index contributed by atoms with van der Waals surface area (Å²) in [5, 5.41) is 20.7. The van der Waals surface area contributed by atoms with E-state index < -0.39 is 62.9 Å². The van der Waals surface area contributed by atoms with Crippen molar-refractivity contribution in [3.63, 3.8) is 0 Å². The fourth-order valence-electron chi connectivity index (χ4n) is 4.22. The zero-order valence-electron chi connectivity index (χ0n) is 20.9. The third-order valence-corrected chi connectivity index (χ3v) is 6.26. The summed E-state index contributed by atoms with van der Waals surface area (Å²) in [6.45, 7) is 0. The fraction of sp³-hybridized carbons (Fsp3) is 0.0968. The molecule has 0 aromatic heterocycles. The van der Waals surface area contributed by atoms with E-state index in [1.54, 1.807) is 60.7 Å². The van der Waals surface area contributed by atoms with E-state index in [9.17, 15) is 36.6 Å². The molecule has 0 unspecified atom stereocenters. The summed E-state index contributed by atoms with van der Waals surface area (Å²) in [7, 11) is 0. The molecule has 0 bridgehead atoms. The summed E-state index contributed by atoms with van der Waals surface area (Å²) in [5.41, 5.74) is 2.84. The Kier molecular flexibility index (Phi) is 7.54. The van der Waals surface area contributed by atoms with Crippen molar-refractivity contribution >= 4 is 11.4 Å². The number of alkyl halides is 6. The van der Waals surface area contributed by atoms with Crippen LogP contribution in [0.2, 0.25) is 0 Å². The number of anilines is 2. The van der Waals surface area contributed by atoms with Crippen LogP contribution in [0.4, 0.5) is 37.7 Å². The smallest absolute Gasteiger partial charge is 0.411 e.